The number of methoxy groups -OCH3 is 1. The summed E-state index contributed by atoms with van der Waals surface area (Å²) >= 11 is 0. The third kappa shape index (κ3) is 3.49. The maximum atomic E-state index is 13.4. The van der Waals surface area contributed by atoms with Crippen LogP contribution in [0.5, 0.6) is 5.88 Å². The van der Waals surface area contributed by atoms with E-state index in [4.69, 9.17) is 4.74 Å². The van der Waals surface area contributed by atoms with Crippen LogP contribution in [0, 0.1) is 11.3 Å². The minimum absolute atomic E-state index is 0.251. The number of benzene rings is 1. The van der Waals surface area contributed by atoms with Crippen LogP contribution in [0.25, 0.3) is 28.1 Å². The van der Waals surface area contributed by atoms with E-state index in [0.29, 0.717) is 28.3 Å². The first-order valence-corrected chi connectivity index (χ1v) is 8.89. The number of hydrogen-bond donors (Lipinski definition) is 0. The van der Waals surface area contributed by atoms with E-state index >= 15 is 0 Å². The van der Waals surface area contributed by atoms with Gasteiger partial charge in [0.15, 0.2) is 0 Å². The van der Waals surface area contributed by atoms with E-state index in [1.165, 1.54) is 11.7 Å². The lowest BCUT2D eigenvalue weighted by atomic mass is 9.99. The molecule has 0 saturated carbocycles. The number of nitriles is 1. The number of ether oxygens (including phenoxy) is 1. The van der Waals surface area contributed by atoms with Crippen molar-refractivity contribution in [3.8, 4) is 40.0 Å². The van der Waals surface area contributed by atoms with Crippen molar-refractivity contribution in [2.45, 2.75) is 0 Å². The van der Waals surface area contributed by atoms with Gasteiger partial charge in [0, 0.05) is 35.2 Å². The topological polar surface area (TPSA) is 80.8 Å². The fourth-order valence-corrected chi connectivity index (χ4v) is 3.09. The third-order valence-electron chi connectivity index (χ3n) is 4.52. The Bertz CT molecular complexity index is 1260. The van der Waals surface area contributed by atoms with Crippen molar-refractivity contribution in [3.05, 3.63) is 95.2 Å². The van der Waals surface area contributed by atoms with Crippen LogP contribution in [0.2, 0.25) is 0 Å². The molecule has 1 aromatic carbocycles. The Hall–Kier alpha value is -4.24. The summed E-state index contributed by atoms with van der Waals surface area (Å²) < 4.78 is 6.62. The van der Waals surface area contributed by atoms with E-state index in [1.54, 1.807) is 55.0 Å². The molecule has 0 aliphatic carbocycles. The van der Waals surface area contributed by atoms with Crippen LogP contribution in [-0.4, -0.2) is 21.6 Å². The van der Waals surface area contributed by atoms with Gasteiger partial charge in [0.1, 0.15) is 0 Å². The molecule has 29 heavy (non-hydrogen) atoms. The molecule has 0 unspecified atom stereocenters. The first-order valence-electron chi connectivity index (χ1n) is 8.89. The van der Waals surface area contributed by atoms with Crippen LogP contribution in [0.1, 0.15) is 5.56 Å². The maximum Gasteiger partial charge on any atom is 0.263 e. The van der Waals surface area contributed by atoms with Crippen LogP contribution in [-0.2, 0) is 0 Å². The second-order valence-electron chi connectivity index (χ2n) is 6.25. The summed E-state index contributed by atoms with van der Waals surface area (Å²) in [7, 11) is 1.53. The summed E-state index contributed by atoms with van der Waals surface area (Å²) in [5.41, 5.74) is 3.24. The molecule has 0 aliphatic rings. The van der Waals surface area contributed by atoms with Crippen LogP contribution in [0.4, 0.5) is 0 Å². The van der Waals surface area contributed by atoms with Crippen LogP contribution in [0.15, 0.2) is 84.0 Å². The van der Waals surface area contributed by atoms with Gasteiger partial charge in [0.2, 0.25) is 5.88 Å². The lowest BCUT2D eigenvalue weighted by molar-refractivity contribution is 0.398. The molecule has 0 atom stereocenters. The molecule has 3 heterocycles. The molecule has 0 radical (unpaired) electrons. The number of rotatable bonds is 4. The Kier molecular flexibility index (Phi) is 4.87. The first-order chi connectivity index (χ1) is 14.2. The highest BCUT2D eigenvalue weighted by molar-refractivity contribution is 5.74. The average molecular weight is 380 g/mol. The Labute approximate surface area is 167 Å². The first kappa shape index (κ1) is 18.1. The molecule has 0 saturated heterocycles. The van der Waals surface area contributed by atoms with Crippen LogP contribution in [0.3, 0.4) is 0 Å². The standard InChI is InChI=1S/C23H16N4O2/c1-29-22-10-9-18(14-26-22)27-15-17(21-8-4-5-11-25-21)12-20(23(27)28)19-7-3-2-6-16(19)13-24/h2-12,14-15H,1H3. The number of pyridine rings is 3. The number of aromatic nitrogens is 3. The molecular weight excluding hydrogens is 364 g/mol. The van der Waals surface area contributed by atoms with Gasteiger partial charge >= 0.3 is 0 Å². The van der Waals surface area contributed by atoms with Crippen molar-refractivity contribution < 1.29 is 4.74 Å². The predicted molar refractivity (Wildman–Crippen MR) is 110 cm³/mol. The molecule has 0 amide bonds. The second-order valence-corrected chi connectivity index (χ2v) is 6.25. The van der Waals surface area contributed by atoms with Crippen molar-refractivity contribution in [1.82, 2.24) is 14.5 Å². The SMILES string of the molecule is COc1ccc(-n2cc(-c3ccccn3)cc(-c3ccccc3C#N)c2=O)cn1. The van der Waals surface area contributed by atoms with Gasteiger partial charge in [0.05, 0.1) is 36.3 Å². The normalized spacial score (nSPS) is 10.3. The van der Waals surface area contributed by atoms with Crippen LogP contribution >= 0.6 is 0 Å². The third-order valence-corrected chi connectivity index (χ3v) is 4.52. The Balaban J connectivity index is 2.00. The smallest absolute Gasteiger partial charge is 0.263 e. The van der Waals surface area contributed by atoms with E-state index in [1.807, 2.05) is 24.3 Å². The van der Waals surface area contributed by atoms with Crippen molar-refractivity contribution in [3.63, 3.8) is 0 Å². The van der Waals surface area contributed by atoms with Gasteiger partial charge in [-0.3, -0.25) is 14.3 Å². The van der Waals surface area contributed by atoms with Gasteiger partial charge in [0.25, 0.3) is 5.56 Å². The van der Waals surface area contributed by atoms with Crippen molar-refractivity contribution >= 4 is 0 Å². The highest BCUT2D eigenvalue weighted by Gasteiger charge is 2.15. The second kappa shape index (κ2) is 7.79. The summed E-state index contributed by atoms with van der Waals surface area (Å²) in [6.45, 7) is 0. The molecule has 0 N–H and O–H groups in total. The molecule has 4 aromatic rings. The fourth-order valence-electron chi connectivity index (χ4n) is 3.09. The Morgan fingerprint density at radius 3 is 2.52 bits per heavy atom. The molecule has 6 heteroatoms. The summed E-state index contributed by atoms with van der Waals surface area (Å²) in [4.78, 5) is 22.0. The minimum atomic E-state index is -0.251. The van der Waals surface area contributed by atoms with Gasteiger partial charge < -0.3 is 4.74 Å². The van der Waals surface area contributed by atoms with Crippen molar-refractivity contribution in [2.24, 2.45) is 0 Å². The molecule has 6 nitrogen and oxygen atoms in total. The van der Waals surface area contributed by atoms with Gasteiger partial charge in [-0.2, -0.15) is 5.26 Å². The average Bonchev–Trinajstić information content (AvgIpc) is 2.80. The summed E-state index contributed by atoms with van der Waals surface area (Å²) in [5, 5.41) is 9.51. The molecule has 0 fully saturated rings. The van der Waals surface area contributed by atoms with Crippen molar-refractivity contribution in [2.75, 3.05) is 7.11 Å². The summed E-state index contributed by atoms with van der Waals surface area (Å²) in [6.07, 6.45) is 5.00. The van der Waals surface area contributed by atoms with Gasteiger partial charge in [-0.25, -0.2) is 4.98 Å². The monoisotopic (exact) mass is 380 g/mol. The molecule has 0 spiro atoms. The van der Waals surface area contributed by atoms with Crippen LogP contribution < -0.4 is 10.3 Å². The molecule has 4 rings (SSSR count). The zero-order chi connectivity index (χ0) is 20.2. The molecule has 3 aromatic heterocycles. The number of hydrogen-bond acceptors (Lipinski definition) is 5. The fraction of sp³-hybridized carbons (Fsp3) is 0.0435. The quantitative estimate of drug-likeness (QED) is 0.537. The lowest BCUT2D eigenvalue weighted by Crippen LogP contribution is -2.20. The van der Waals surface area contributed by atoms with Crippen molar-refractivity contribution in [1.29, 1.82) is 5.26 Å². The summed E-state index contributed by atoms with van der Waals surface area (Å²) in [5.74, 6) is 0.456. The van der Waals surface area contributed by atoms with Gasteiger partial charge in [-0.05, 0) is 30.3 Å². The van der Waals surface area contributed by atoms with E-state index in [0.717, 1.165) is 11.3 Å². The zero-order valence-electron chi connectivity index (χ0n) is 15.6. The Morgan fingerprint density at radius 1 is 1.00 bits per heavy atom. The molecule has 0 aliphatic heterocycles. The van der Waals surface area contributed by atoms with E-state index in [9.17, 15) is 10.1 Å². The van der Waals surface area contributed by atoms with E-state index in [2.05, 4.69) is 16.0 Å². The highest BCUT2D eigenvalue weighted by Crippen LogP contribution is 2.26. The highest BCUT2D eigenvalue weighted by atomic mass is 16.5. The minimum Gasteiger partial charge on any atom is -0.481 e. The molecule has 140 valence electrons. The lowest BCUT2D eigenvalue weighted by Gasteiger charge is -2.13. The summed E-state index contributed by atoms with van der Waals surface area (Å²) in [6, 6.07) is 20.0. The van der Waals surface area contributed by atoms with Gasteiger partial charge in [-0.1, -0.05) is 24.3 Å². The molecular formula is C23H16N4O2. The predicted octanol–water partition coefficient (Wildman–Crippen LogP) is 3.84. The largest absolute Gasteiger partial charge is 0.481 e. The van der Waals surface area contributed by atoms with E-state index in [-0.39, 0.29) is 5.56 Å². The van der Waals surface area contributed by atoms with E-state index < -0.39 is 0 Å². The Morgan fingerprint density at radius 2 is 1.83 bits per heavy atom. The molecule has 0 bridgehead atoms. The van der Waals surface area contributed by atoms with Gasteiger partial charge in [-0.15, -0.1) is 0 Å². The zero-order valence-corrected chi connectivity index (χ0v) is 15.6. The number of nitrogens with zero attached hydrogens (tertiary/aromatic N) is 4. The maximum absolute atomic E-state index is 13.4.